The van der Waals surface area contributed by atoms with Crippen LogP contribution in [-0.4, -0.2) is 55.9 Å². The summed E-state index contributed by atoms with van der Waals surface area (Å²) in [6.45, 7) is 5.72. The summed E-state index contributed by atoms with van der Waals surface area (Å²) in [6, 6.07) is 9.18. The standard InChI is InChI=1S/C24H31FN6O3/c1-16-5-6-19(11-28-16)30-9-7-17(8-10-30)14-33-20-12-31(13-20)21-4-2-3-18(22(21)25)15-34-24(32)29-23(26)27/h2-6,11,17,20H,7-10,12-15H2,1H3,(H4,26,27,29,32). The molecule has 3 heterocycles. The number of halogens is 1. The van der Waals surface area contributed by atoms with Gasteiger partial charge in [0.25, 0.3) is 0 Å². The molecule has 9 nitrogen and oxygen atoms in total. The van der Waals surface area contributed by atoms with Crippen LogP contribution in [-0.2, 0) is 16.1 Å². The number of amides is 1. The Hall–Kier alpha value is -3.40. The summed E-state index contributed by atoms with van der Waals surface area (Å²) in [5.74, 6) is -0.292. The van der Waals surface area contributed by atoms with Gasteiger partial charge < -0.3 is 30.7 Å². The smallest absolute Gasteiger partial charge is 0.437 e. The first kappa shape index (κ1) is 23.7. The number of guanidine groups is 1. The zero-order valence-corrected chi connectivity index (χ0v) is 19.3. The van der Waals surface area contributed by atoms with Crippen LogP contribution < -0.4 is 21.3 Å². The fourth-order valence-corrected chi connectivity index (χ4v) is 4.22. The number of ether oxygens (including phenoxy) is 2. The molecule has 1 aromatic carbocycles. The van der Waals surface area contributed by atoms with Gasteiger partial charge in [0.1, 0.15) is 6.61 Å². The highest BCUT2D eigenvalue weighted by Crippen LogP contribution is 2.29. The molecule has 0 radical (unpaired) electrons. The predicted octanol–water partition coefficient (Wildman–Crippen LogP) is 2.56. The van der Waals surface area contributed by atoms with E-state index in [1.54, 1.807) is 18.2 Å². The molecule has 182 valence electrons. The van der Waals surface area contributed by atoms with Crippen LogP contribution in [0.4, 0.5) is 20.6 Å². The summed E-state index contributed by atoms with van der Waals surface area (Å²) >= 11 is 0. The van der Waals surface area contributed by atoms with Gasteiger partial charge in [-0.15, -0.1) is 4.99 Å². The minimum absolute atomic E-state index is 0.0853. The van der Waals surface area contributed by atoms with E-state index in [1.807, 2.05) is 24.1 Å². The molecule has 2 saturated heterocycles. The van der Waals surface area contributed by atoms with Gasteiger partial charge in [-0.2, -0.15) is 0 Å². The van der Waals surface area contributed by atoms with Gasteiger partial charge in [0.05, 0.1) is 30.3 Å². The average molecular weight is 471 g/mol. The van der Waals surface area contributed by atoms with E-state index in [2.05, 4.69) is 20.9 Å². The zero-order valence-electron chi connectivity index (χ0n) is 19.3. The number of aryl methyl sites for hydroxylation is 1. The van der Waals surface area contributed by atoms with Crippen LogP contribution in [0.2, 0.25) is 0 Å². The van der Waals surface area contributed by atoms with Crippen molar-refractivity contribution in [2.24, 2.45) is 22.4 Å². The molecule has 0 saturated carbocycles. The Balaban J connectivity index is 1.19. The number of pyridine rings is 1. The number of carbonyl (C=O) groups is 1. The van der Waals surface area contributed by atoms with Gasteiger partial charge in [-0.1, -0.05) is 12.1 Å². The summed E-state index contributed by atoms with van der Waals surface area (Å²) in [4.78, 5) is 23.4. The number of hydrogen-bond donors (Lipinski definition) is 2. The third kappa shape index (κ3) is 5.93. The van der Waals surface area contributed by atoms with Gasteiger partial charge in [-0.3, -0.25) is 4.98 Å². The van der Waals surface area contributed by atoms with E-state index in [-0.39, 0.29) is 18.3 Å². The fourth-order valence-electron chi connectivity index (χ4n) is 4.22. The first-order chi connectivity index (χ1) is 16.4. The summed E-state index contributed by atoms with van der Waals surface area (Å²) in [7, 11) is 0. The highest BCUT2D eigenvalue weighted by Gasteiger charge is 2.31. The highest BCUT2D eigenvalue weighted by atomic mass is 19.1. The number of nitrogens with two attached hydrogens (primary N) is 2. The van der Waals surface area contributed by atoms with Crippen molar-refractivity contribution < 1.29 is 18.7 Å². The van der Waals surface area contributed by atoms with Crippen LogP contribution >= 0.6 is 0 Å². The number of aliphatic imine (C=N–C) groups is 1. The Bertz CT molecular complexity index is 1010. The summed E-state index contributed by atoms with van der Waals surface area (Å²) < 4.78 is 25.9. The monoisotopic (exact) mass is 470 g/mol. The van der Waals surface area contributed by atoms with E-state index < -0.39 is 17.9 Å². The molecule has 4 N–H and O–H groups in total. The normalized spacial score (nSPS) is 16.8. The lowest BCUT2D eigenvalue weighted by Crippen LogP contribution is -2.53. The molecule has 0 bridgehead atoms. The van der Waals surface area contributed by atoms with Crippen LogP contribution in [0.3, 0.4) is 0 Å². The average Bonchev–Trinajstić information content (AvgIpc) is 2.79. The lowest BCUT2D eigenvalue weighted by atomic mass is 9.97. The maximum absolute atomic E-state index is 14.9. The molecule has 4 rings (SSSR count). The van der Waals surface area contributed by atoms with E-state index in [4.69, 9.17) is 20.9 Å². The molecule has 1 amide bonds. The van der Waals surface area contributed by atoms with Gasteiger partial charge in [0.15, 0.2) is 11.8 Å². The molecule has 0 spiro atoms. The van der Waals surface area contributed by atoms with Crippen LogP contribution in [0.1, 0.15) is 24.1 Å². The first-order valence-corrected chi connectivity index (χ1v) is 11.5. The van der Waals surface area contributed by atoms with Gasteiger partial charge in [-0.05, 0) is 43.9 Å². The van der Waals surface area contributed by atoms with E-state index >= 15 is 0 Å². The van der Waals surface area contributed by atoms with Crippen LogP contribution in [0.15, 0.2) is 41.5 Å². The van der Waals surface area contributed by atoms with Crippen LogP contribution in [0.5, 0.6) is 0 Å². The van der Waals surface area contributed by atoms with E-state index in [1.165, 1.54) is 5.69 Å². The number of aromatic nitrogens is 1. The van der Waals surface area contributed by atoms with Crippen LogP contribution in [0, 0.1) is 18.7 Å². The Morgan fingerprint density at radius 2 is 1.94 bits per heavy atom. The molecule has 2 aliphatic rings. The second-order valence-corrected chi connectivity index (χ2v) is 8.79. The number of rotatable bonds is 7. The Morgan fingerprint density at radius 1 is 1.18 bits per heavy atom. The Morgan fingerprint density at radius 3 is 2.62 bits per heavy atom. The predicted molar refractivity (Wildman–Crippen MR) is 128 cm³/mol. The quantitative estimate of drug-likeness (QED) is 0.468. The number of benzene rings is 1. The van der Waals surface area contributed by atoms with Crippen LogP contribution in [0.25, 0.3) is 0 Å². The fraction of sp³-hybridized carbons (Fsp3) is 0.458. The third-order valence-corrected chi connectivity index (χ3v) is 6.26. The molecule has 2 fully saturated rings. The Kier molecular flexibility index (Phi) is 7.46. The van der Waals surface area contributed by atoms with Crippen molar-refractivity contribution in [1.82, 2.24) is 4.98 Å². The molecular weight excluding hydrogens is 439 g/mol. The third-order valence-electron chi connectivity index (χ3n) is 6.26. The number of anilines is 2. The number of nitrogens with zero attached hydrogens (tertiary/aromatic N) is 4. The summed E-state index contributed by atoms with van der Waals surface area (Å²) in [6.07, 6.45) is 3.24. The maximum Gasteiger partial charge on any atom is 0.437 e. The largest absolute Gasteiger partial charge is 0.443 e. The number of carbonyl (C=O) groups excluding carboxylic acids is 1. The van der Waals surface area contributed by atoms with Gasteiger partial charge in [0, 0.05) is 37.4 Å². The van der Waals surface area contributed by atoms with Crippen molar-refractivity contribution in [2.75, 3.05) is 42.6 Å². The van der Waals surface area contributed by atoms with Crippen molar-refractivity contribution in [3.63, 3.8) is 0 Å². The minimum atomic E-state index is -0.955. The minimum Gasteiger partial charge on any atom is -0.443 e. The van der Waals surface area contributed by atoms with Crippen molar-refractivity contribution in [1.29, 1.82) is 0 Å². The molecule has 0 atom stereocenters. The lowest BCUT2D eigenvalue weighted by molar-refractivity contribution is 0.00807. The molecule has 0 unspecified atom stereocenters. The molecule has 34 heavy (non-hydrogen) atoms. The topological polar surface area (TPSA) is 119 Å². The second-order valence-electron chi connectivity index (χ2n) is 8.79. The van der Waals surface area contributed by atoms with Gasteiger partial charge in [0.2, 0.25) is 0 Å². The second kappa shape index (κ2) is 10.7. The summed E-state index contributed by atoms with van der Waals surface area (Å²) in [5, 5.41) is 0. The molecule has 0 aliphatic carbocycles. The van der Waals surface area contributed by atoms with E-state index in [0.717, 1.165) is 38.2 Å². The lowest BCUT2D eigenvalue weighted by Gasteiger charge is -2.42. The Labute approximate surface area is 198 Å². The highest BCUT2D eigenvalue weighted by molar-refractivity contribution is 5.87. The SMILES string of the molecule is Cc1ccc(N2CCC(COC3CN(c4cccc(COC(=O)N=C(N)N)c4F)C3)CC2)cn1. The molecular formula is C24H31FN6O3. The summed E-state index contributed by atoms with van der Waals surface area (Å²) in [5.41, 5.74) is 13.2. The van der Waals surface area contributed by atoms with Gasteiger partial charge in [-0.25, -0.2) is 9.18 Å². The maximum atomic E-state index is 14.9. The number of hydrogen-bond acceptors (Lipinski definition) is 6. The van der Waals surface area contributed by atoms with Crippen molar-refractivity contribution in [3.05, 3.63) is 53.6 Å². The molecule has 10 heteroatoms. The molecule has 2 aliphatic heterocycles. The first-order valence-electron chi connectivity index (χ1n) is 11.5. The van der Waals surface area contributed by atoms with Crippen molar-refractivity contribution in [2.45, 2.75) is 32.5 Å². The molecule has 2 aromatic rings. The number of piperidine rings is 1. The van der Waals surface area contributed by atoms with Gasteiger partial charge >= 0.3 is 6.09 Å². The van der Waals surface area contributed by atoms with E-state index in [9.17, 15) is 9.18 Å². The molecule has 1 aromatic heterocycles. The van der Waals surface area contributed by atoms with E-state index in [0.29, 0.717) is 24.7 Å². The zero-order chi connectivity index (χ0) is 24.1. The van der Waals surface area contributed by atoms with Crippen molar-refractivity contribution >= 4 is 23.4 Å². The van der Waals surface area contributed by atoms with Crippen molar-refractivity contribution in [3.8, 4) is 0 Å².